The minimum Gasteiger partial charge on any atom is -0.309 e. The second-order valence-electron chi connectivity index (χ2n) is 5.40. The van der Waals surface area contributed by atoms with Gasteiger partial charge in [0.05, 0.1) is 0 Å². The van der Waals surface area contributed by atoms with Gasteiger partial charge < -0.3 is 5.32 Å². The van der Waals surface area contributed by atoms with Crippen LogP contribution in [0.25, 0.3) is 0 Å². The van der Waals surface area contributed by atoms with Gasteiger partial charge in [0.1, 0.15) is 4.90 Å². The molecule has 0 spiro atoms. The van der Waals surface area contributed by atoms with E-state index in [1.807, 2.05) is 13.8 Å². The molecule has 0 aliphatic carbocycles. The highest BCUT2D eigenvalue weighted by Crippen LogP contribution is 2.19. The largest absolute Gasteiger partial charge is 0.309 e. The van der Waals surface area contributed by atoms with Crippen molar-refractivity contribution < 1.29 is 16.8 Å². The van der Waals surface area contributed by atoms with E-state index < -0.39 is 19.9 Å². The number of hydrogen-bond donors (Lipinski definition) is 1. The number of nitrogens with one attached hydrogen (secondary N) is 1. The minimum atomic E-state index is -3.65. The van der Waals surface area contributed by atoms with E-state index in [2.05, 4.69) is 10.3 Å². The lowest BCUT2D eigenvalue weighted by molar-refractivity contribution is 0.263. The van der Waals surface area contributed by atoms with E-state index in [0.29, 0.717) is 13.1 Å². The van der Waals surface area contributed by atoms with Gasteiger partial charge in [-0.1, -0.05) is 0 Å². The van der Waals surface area contributed by atoms with E-state index >= 15 is 0 Å². The summed E-state index contributed by atoms with van der Waals surface area (Å²) >= 11 is 0. The van der Waals surface area contributed by atoms with Gasteiger partial charge in [0.2, 0.25) is 10.0 Å². The molecule has 21 heavy (non-hydrogen) atoms. The van der Waals surface area contributed by atoms with Gasteiger partial charge in [-0.2, -0.15) is 4.31 Å². The molecule has 2 rings (SSSR count). The first-order chi connectivity index (χ1) is 9.60. The van der Waals surface area contributed by atoms with E-state index in [0.717, 1.165) is 12.5 Å². The summed E-state index contributed by atoms with van der Waals surface area (Å²) in [5.41, 5.74) is 0. The van der Waals surface area contributed by atoms with Crippen molar-refractivity contribution in [2.24, 2.45) is 0 Å². The number of pyridine rings is 1. The Balaban J connectivity index is 2.31. The van der Waals surface area contributed by atoms with Crippen LogP contribution in [-0.2, 0) is 19.9 Å². The molecular weight excluding hydrogens is 314 g/mol. The fourth-order valence-corrected chi connectivity index (χ4v) is 4.48. The quantitative estimate of drug-likeness (QED) is 0.827. The number of sulfonamides is 1. The van der Waals surface area contributed by atoms with Crippen LogP contribution in [0.2, 0.25) is 0 Å². The molecule has 1 aliphatic heterocycles. The number of rotatable bonds is 3. The van der Waals surface area contributed by atoms with Crippen molar-refractivity contribution in [1.29, 1.82) is 0 Å². The summed E-state index contributed by atoms with van der Waals surface area (Å²) in [6, 6.07) is 2.63. The Bertz CT molecular complexity index is 703. The Labute approximate surface area is 125 Å². The molecule has 118 valence electrons. The molecule has 0 saturated carbocycles. The van der Waals surface area contributed by atoms with Crippen LogP contribution < -0.4 is 5.32 Å². The fraction of sp³-hybridized carbons (Fsp3) is 0.583. The molecule has 0 bridgehead atoms. The Hall–Kier alpha value is -1.03. The molecule has 9 heteroatoms. The third-order valence-corrected chi connectivity index (χ3v) is 6.07. The van der Waals surface area contributed by atoms with Crippen LogP contribution in [0, 0.1) is 0 Å². The number of hydrogen-bond acceptors (Lipinski definition) is 6. The van der Waals surface area contributed by atoms with E-state index in [1.165, 1.54) is 16.4 Å². The monoisotopic (exact) mass is 333 g/mol. The maximum atomic E-state index is 12.5. The molecule has 2 atom stereocenters. The van der Waals surface area contributed by atoms with Crippen LogP contribution >= 0.6 is 0 Å². The fourth-order valence-electron chi connectivity index (χ4n) is 2.36. The maximum absolute atomic E-state index is 12.5. The van der Waals surface area contributed by atoms with Gasteiger partial charge in [-0.3, -0.25) is 0 Å². The molecule has 7 nitrogen and oxygen atoms in total. The van der Waals surface area contributed by atoms with Crippen LogP contribution in [0.15, 0.2) is 28.3 Å². The van der Waals surface area contributed by atoms with Crippen molar-refractivity contribution in [3.8, 4) is 0 Å². The van der Waals surface area contributed by atoms with E-state index in [4.69, 9.17) is 0 Å². The summed E-state index contributed by atoms with van der Waals surface area (Å²) in [5.74, 6) is 0. The number of sulfone groups is 1. The normalized spacial score (nSPS) is 24.9. The molecule has 1 fully saturated rings. The summed E-state index contributed by atoms with van der Waals surface area (Å²) in [6.45, 7) is 4.59. The molecule has 1 aromatic heterocycles. The van der Waals surface area contributed by atoms with Gasteiger partial charge in [-0.15, -0.1) is 0 Å². The summed E-state index contributed by atoms with van der Waals surface area (Å²) in [6.07, 6.45) is 2.13. The Morgan fingerprint density at radius 1 is 1.14 bits per heavy atom. The molecule has 0 radical (unpaired) electrons. The zero-order valence-corrected chi connectivity index (χ0v) is 13.8. The molecular formula is C12H19N3O4S2. The lowest BCUT2D eigenvalue weighted by atomic mass is 10.2. The molecule has 2 unspecified atom stereocenters. The van der Waals surface area contributed by atoms with E-state index in [1.54, 1.807) is 0 Å². The van der Waals surface area contributed by atoms with Crippen molar-refractivity contribution in [3.63, 3.8) is 0 Å². The van der Waals surface area contributed by atoms with Crippen LogP contribution in [0.5, 0.6) is 0 Å². The van der Waals surface area contributed by atoms with Gasteiger partial charge in [-0.05, 0) is 26.0 Å². The third-order valence-electron chi connectivity index (χ3n) is 3.25. The lowest BCUT2D eigenvalue weighted by Gasteiger charge is -2.35. The van der Waals surface area contributed by atoms with Crippen LogP contribution in [0.4, 0.5) is 0 Å². The predicted octanol–water partition coefficient (Wildman–Crippen LogP) is -0.144. The highest BCUT2D eigenvalue weighted by atomic mass is 32.2. The van der Waals surface area contributed by atoms with Crippen LogP contribution in [0.1, 0.15) is 13.8 Å². The summed E-state index contributed by atoms with van der Waals surface area (Å²) in [4.78, 5) is 3.75. The van der Waals surface area contributed by atoms with Crippen molar-refractivity contribution >= 4 is 19.9 Å². The first-order valence-corrected chi connectivity index (χ1v) is 9.86. The molecule has 0 amide bonds. The zero-order chi connectivity index (χ0) is 15.8. The Morgan fingerprint density at radius 2 is 1.71 bits per heavy atom. The van der Waals surface area contributed by atoms with Crippen molar-refractivity contribution in [2.45, 2.75) is 35.9 Å². The standard InChI is InChI=1S/C12H19N3O4S2/c1-9-7-15(8-10(2)14-9)21(18,19)11-4-5-12(13-6-11)20(3,16)17/h4-6,9-10,14H,7-8H2,1-3H3. The van der Waals surface area contributed by atoms with Crippen molar-refractivity contribution in [2.75, 3.05) is 19.3 Å². The third kappa shape index (κ3) is 3.60. The average Bonchev–Trinajstić information content (AvgIpc) is 2.36. The average molecular weight is 333 g/mol. The smallest absolute Gasteiger partial charge is 0.244 e. The Kier molecular flexibility index (Phi) is 4.39. The highest BCUT2D eigenvalue weighted by molar-refractivity contribution is 7.90. The SMILES string of the molecule is CC1CN(S(=O)(=O)c2ccc(S(C)(=O)=O)nc2)CC(C)N1. The van der Waals surface area contributed by atoms with Gasteiger partial charge >= 0.3 is 0 Å². The topological polar surface area (TPSA) is 96.4 Å². The number of aromatic nitrogens is 1. The lowest BCUT2D eigenvalue weighted by Crippen LogP contribution is -2.55. The molecule has 2 heterocycles. The first kappa shape index (κ1) is 16.3. The summed E-state index contributed by atoms with van der Waals surface area (Å²) in [7, 11) is -7.09. The molecule has 1 aliphatic rings. The second-order valence-corrected chi connectivity index (χ2v) is 9.30. The summed E-state index contributed by atoms with van der Waals surface area (Å²) in [5, 5.41) is 3.13. The number of nitrogens with zero attached hydrogens (tertiary/aromatic N) is 2. The minimum absolute atomic E-state index is 0.0104. The van der Waals surface area contributed by atoms with Gasteiger partial charge in [0.25, 0.3) is 0 Å². The van der Waals surface area contributed by atoms with Gasteiger partial charge in [0, 0.05) is 37.6 Å². The second kappa shape index (κ2) is 5.64. The molecule has 0 aromatic carbocycles. The first-order valence-electron chi connectivity index (χ1n) is 6.53. The van der Waals surface area contributed by atoms with Gasteiger partial charge in [0.15, 0.2) is 14.9 Å². The summed E-state index contributed by atoms with van der Waals surface area (Å²) < 4.78 is 49.2. The van der Waals surface area contributed by atoms with Crippen molar-refractivity contribution in [1.82, 2.24) is 14.6 Å². The zero-order valence-electron chi connectivity index (χ0n) is 12.1. The molecule has 1 saturated heterocycles. The predicted molar refractivity (Wildman–Crippen MR) is 78.2 cm³/mol. The maximum Gasteiger partial charge on any atom is 0.244 e. The van der Waals surface area contributed by atoms with E-state index in [-0.39, 0.29) is 22.0 Å². The van der Waals surface area contributed by atoms with Gasteiger partial charge in [-0.25, -0.2) is 21.8 Å². The van der Waals surface area contributed by atoms with Crippen LogP contribution in [-0.4, -0.2) is 57.6 Å². The van der Waals surface area contributed by atoms with Crippen molar-refractivity contribution in [3.05, 3.63) is 18.3 Å². The molecule has 1 N–H and O–H groups in total. The van der Waals surface area contributed by atoms with E-state index in [9.17, 15) is 16.8 Å². The molecule has 1 aromatic rings. The Morgan fingerprint density at radius 3 is 2.14 bits per heavy atom. The number of piperazine rings is 1. The highest BCUT2D eigenvalue weighted by Gasteiger charge is 2.31. The van der Waals surface area contributed by atoms with Crippen LogP contribution in [0.3, 0.4) is 0 Å².